The molecule has 1 aromatic rings. The number of hydrazine groups is 1. The third-order valence-corrected chi connectivity index (χ3v) is 4.13. The van der Waals surface area contributed by atoms with Gasteiger partial charge in [0.2, 0.25) is 0 Å². The van der Waals surface area contributed by atoms with E-state index in [1.807, 2.05) is 0 Å². The number of carboxylic acid groups (broad SMARTS) is 1. The molecule has 114 valence electrons. The maximum absolute atomic E-state index is 10.8. The van der Waals surface area contributed by atoms with Crippen LogP contribution < -0.4 is 10.9 Å². The number of anilines is 1. The number of aromatic carboxylic acids is 1. The van der Waals surface area contributed by atoms with Crippen LogP contribution in [0.3, 0.4) is 0 Å². The molecule has 0 heterocycles. The van der Waals surface area contributed by atoms with Crippen LogP contribution in [0.4, 0.5) is 5.69 Å². The fraction of sp³-hybridized carbons (Fsp3) is 0.471. The Morgan fingerprint density at radius 2 is 1.86 bits per heavy atom. The van der Waals surface area contributed by atoms with Crippen LogP contribution in [0, 0.1) is 11.3 Å². The Labute approximate surface area is 126 Å². The van der Waals surface area contributed by atoms with Crippen molar-refractivity contribution >= 4 is 11.7 Å². The van der Waals surface area contributed by atoms with Crippen molar-refractivity contribution in [3.63, 3.8) is 0 Å². The minimum Gasteiger partial charge on any atom is -0.478 e. The molecule has 3 N–H and O–H groups in total. The lowest BCUT2D eigenvalue weighted by atomic mass is 9.74. The van der Waals surface area contributed by atoms with Crippen molar-refractivity contribution in [1.29, 1.82) is 0 Å². The van der Waals surface area contributed by atoms with E-state index in [1.165, 1.54) is 12.1 Å². The second-order valence-corrected chi connectivity index (χ2v) is 6.70. The van der Waals surface area contributed by atoms with Crippen LogP contribution in [0.5, 0.6) is 0 Å². The van der Waals surface area contributed by atoms with Gasteiger partial charge in [0.05, 0.1) is 11.3 Å². The molecule has 4 heteroatoms. The van der Waals surface area contributed by atoms with E-state index in [0.29, 0.717) is 11.0 Å². The number of allylic oxidation sites excluding steroid dienone is 2. The summed E-state index contributed by atoms with van der Waals surface area (Å²) in [6.45, 7) is 6.89. The highest BCUT2D eigenvalue weighted by molar-refractivity contribution is 5.87. The minimum absolute atomic E-state index is 0.297. The van der Waals surface area contributed by atoms with Gasteiger partial charge in [-0.3, -0.25) is 0 Å². The highest BCUT2D eigenvalue weighted by Gasteiger charge is 2.26. The topological polar surface area (TPSA) is 61.4 Å². The maximum atomic E-state index is 10.8. The van der Waals surface area contributed by atoms with Crippen molar-refractivity contribution in [2.24, 2.45) is 11.3 Å². The van der Waals surface area contributed by atoms with Crippen molar-refractivity contribution in [2.75, 3.05) is 5.43 Å². The van der Waals surface area contributed by atoms with E-state index >= 15 is 0 Å². The van der Waals surface area contributed by atoms with Crippen LogP contribution in [0.25, 0.3) is 0 Å². The summed E-state index contributed by atoms with van der Waals surface area (Å²) >= 11 is 0. The van der Waals surface area contributed by atoms with Gasteiger partial charge in [-0.25, -0.2) is 4.79 Å². The molecule has 1 aliphatic carbocycles. The highest BCUT2D eigenvalue weighted by Crippen LogP contribution is 2.36. The van der Waals surface area contributed by atoms with Gasteiger partial charge in [-0.2, -0.15) is 0 Å². The van der Waals surface area contributed by atoms with E-state index < -0.39 is 5.97 Å². The summed E-state index contributed by atoms with van der Waals surface area (Å²) in [6.07, 6.45) is 5.60. The zero-order valence-corrected chi connectivity index (χ0v) is 12.9. The molecule has 0 unspecified atom stereocenters. The molecule has 2 rings (SSSR count). The van der Waals surface area contributed by atoms with E-state index in [-0.39, 0.29) is 0 Å². The lowest BCUT2D eigenvalue weighted by Gasteiger charge is -2.33. The third-order valence-electron chi connectivity index (χ3n) is 4.13. The summed E-state index contributed by atoms with van der Waals surface area (Å²) in [5.74, 6) is -0.171. The first-order valence-corrected chi connectivity index (χ1v) is 7.40. The predicted molar refractivity (Wildman–Crippen MR) is 85.0 cm³/mol. The molecule has 0 fully saturated rings. The van der Waals surface area contributed by atoms with Crippen LogP contribution in [0.1, 0.15) is 50.4 Å². The smallest absolute Gasteiger partial charge is 0.335 e. The predicted octanol–water partition coefficient (Wildman–Crippen LogP) is 4.03. The fourth-order valence-electron chi connectivity index (χ4n) is 2.58. The molecule has 4 nitrogen and oxygen atoms in total. The van der Waals surface area contributed by atoms with Gasteiger partial charge in [0.15, 0.2) is 0 Å². The van der Waals surface area contributed by atoms with Crippen molar-refractivity contribution in [2.45, 2.75) is 40.0 Å². The maximum Gasteiger partial charge on any atom is 0.335 e. The van der Waals surface area contributed by atoms with Crippen molar-refractivity contribution in [1.82, 2.24) is 5.43 Å². The van der Waals surface area contributed by atoms with Gasteiger partial charge >= 0.3 is 5.97 Å². The molecule has 1 aliphatic rings. The molecule has 0 saturated carbocycles. The molecule has 0 amide bonds. The molecule has 0 bridgehead atoms. The molecule has 0 saturated heterocycles. The lowest BCUT2D eigenvalue weighted by Crippen LogP contribution is -2.27. The van der Waals surface area contributed by atoms with Crippen LogP contribution in [-0.2, 0) is 0 Å². The standard InChI is InChI=1S/C17H24N2O2/c1-17(2,3)13-6-10-15(11-7-13)19-18-14-8-4-12(5-9-14)16(20)21/h4-5,8-10,13,18-19H,6-7,11H2,1-3H3,(H,20,21)/t13-/m0/s1. The van der Waals surface area contributed by atoms with Crippen LogP contribution in [0.15, 0.2) is 36.0 Å². The molecule has 0 aliphatic heterocycles. The second-order valence-electron chi connectivity index (χ2n) is 6.70. The highest BCUT2D eigenvalue weighted by atomic mass is 16.4. The van der Waals surface area contributed by atoms with Gasteiger partial charge in [-0.15, -0.1) is 0 Å². The Morgan fingerprint density at radius 1 is 1.19 bits per heavy atom. The number of benzene rings is 1. The van der Waals surface area contributed by atoms with Crippen LogP contribution >= 0.6 is 0 Å². The summed E-state index contributed by atoms with van der Waals surface area (Å²) in [5, 5.41) is 8.85. The summed E-state index contributed by atoms with van der Waals surface area (Å²) in [5.41, 5.74) is 9.07. The molecule has 0 spiro atoms. The Kier molecular flexibility index (Phi) is 4.56. The molecule has 0 aromatic heterocycles. The average Bonchev–Trinajstić information content (AvgIpc) is 2.45. The second kappa shape index (κ2) is 6.20. The number of hydrogen-bond acceptors (Lipinski definition) is 3. The van der Waals surface area contributed by atoms with Gasteiger partial charge in [-0.1, -0.05) is 26.8 Å². The first-order chi connectivity index (χ1) is 9.86. The normalized spacial score (nSPS) is 18.8. The van der Waals surface area contributed by atoms with Crippen LogP contribution in [-0.4, -0.2) is 11.1 Å². The van der Waals surface area contributed by atoms with E-state index in [9.17, 15) is 4.79 Å². The Bertz CT molecular complexity index is 527. The number of carboxylic acids is 1. The summed E-state index contributed by atoms with van der Waals surface area (Å²) in [7, 11) is 0. The molecular weight excluding hydrogens is 264 g/mol. The molecule has 1 atom stereocenters. The van der Waals surface area contributed by atoms with E-state index in [0.717, 1.165) is 24.4 Å². The van der Waals surface area contributed by atoms with Crippen molar-refractivity contribution in [3.8, 4) is 0 Å². The Hall–Kier alpha value is -1.97. The molecule has 21 heavy (non-hydrogen) atoms. The zero-order chi connectivity index (χ0) is 15.5. The number of nitrogens with one attached hydrogen (secondary N) is 2. The first kappa shape index (κ1) is 15.4. The van der Waals surface area contributed by atoms with Crippen molar-refractivity contribution < 1.29 is 9.90 Å². The van der Waals surface area contributed by atoms with Crippen molar-refractivity contribution in [3.05, 3.63) is 41.6 Å². The van der Waals surface area contributed by atoms with E-state index in [4.69, 9.17) is 5.11 Å². The first-order valence-electron chi connectivity index (χ1n) is 7.40. The molecule has 1 aromatic carbocycles. The quantitative estimate of drug-likeness (QED) is 0.732. The van der Waals surface area contributed by atoms with Gasteiger partial charge in [0, 0.05) is 5.70 Å². The Balaban J connectivity index is 1.87. The monoisotopic (exact) mass is 288 g/mol. The summed E-state index contributed by atoms with van der Waals surface area (Å²) in [4.78, 5) is 10.8. The van der Waals surface area contributed by atoms with E-state index in [1.54, 1.807) is 24.3 Å². The van der Waals surface area contributed by atoms with E-state index in [2.05, 4.69) is 37.7 Å². The van der Waals surface area contributed by atoms with Gasteiger partial charge in [0.1, 0.15) is 0 Å². The van der Waals surface area contributed by atoms with Crippen LogP contribution in [0.2, 0.25) is 0 Å². The summed E-state index contributed by atoms with van der Waals surface area (Å²) < 4.78 is 0. The number of carbonyl (C=O) groups is 1. The SMILES string of the molecule is CC(C)(C)[C@H]1CC=C(NNc2ccc(C(=O)O)cc2)CC1. The third kappa shape index (κ3) is 4.25. The lowest BCUT2D eigenvalue weighted by molar-refractivity contribution is 0.0697. The number of hydrogen-bond donors (Lipinski definition) is 3. The fourth-order valence-corrected chi connectivity index (χ4v) is 2.58. The van der Waals surface area contributed by atoms with Gasteiger partial charge in [-0.05, 0) is 54.9 Å². The molecular formula is C17H24N2O2. The number of rotatable bonds is 4. The average molecular weight is 288 g/mol. The minimum atomic E-state index is -0.905. The summed E-state index contributed by atoms with van der Waals surface area (Å²) in [6, 6.07) is 6.71. The zero-order valence-electron chi connectivity index (χ0n) is 12.9. The molecule has 0 radical (unpaired) electrons. The van der Waals surface area contributed by atoms with Gasteiger partial charge < -0.3 is 16.0 Å². The Morgan fingerprint density at radius 3 is 2.33 bits per heavy atom. The largest absolute Gasteiger partial charge is 0.478 e. The van der Waals surface area contributed by atoms with Gasteiger partial charge in [0.25, 0.3) is 0 Å².